The Morgan fingerprint density at radius 1 is 1.03 bits per heavy atom. The molecule has 152 valence electrons. The quantitative estimate of drug-likeness (QED) is 0.261. The third-order valence-electron chi connectivity index (χ3n) is 3.50. The number of amides is 1. The van der Waals surface area contributed by atoms with Crippen LogP contribution in [0.2, 0.25) is 0 Å². The Morgan fingerprint density at radius 3 is 2.24 bits per heavy atom. The van der Waals surface area contributed by atoms with Crippen LogP contribution in [0, 0.1) is 0 Å². The van der Waals surface area contributed by atoms with Crippen molar-refractivity contribution in [3.05, 3.63) is 47.5 Å². The lowest BCUT2D eigenvalue weighted by molar-refractivity contribution is -0.114. The van der Waals surface area contributed by atoms with Crippen molar-refractivity contribution in [2.24, 2.45) is 4.99 Å². The van der Waals surface area contributed by atoms with Crippen molar-refractivity contribution in [3.63, 3.8) is 0 Å². The predicted octanol–water partition coefficient (Wildman–Crippen LogP) is 3.04. The van der Waals surface area contributed by atoms with Gasteiger partial charge in [0.1, 0.15) is 9.79 Å². The third-order valence-corrected chi connectivity index (χ3v) is 5.38. The van der Waals surface area contributed by atoms with E-state index in [0.29, 0.717) is 0 Å². The van der Waals surface area contributed by atoms with Gasteiger partial charge in [-0.2, -0.15) is 21.8 Å². The number of carbonyl (C=O) groups excluding carboxylic acids is 1. The highest BCUT2D eigenvalue weighted by Crippen LogP contribution is 2.27. The number of benzene rings is 2. The molecule has 2 rings (SSSR count). The Bertz CT molecular complexity index is 1260. The molecule has 9 nitrogen and oxygen atoms in total. The normalized spacial score (nSPS) is 11.8. The summed E-state index contributed by atoms with van der Waals surface area (Å²) in [6.45, 7) is 1.24. The van der Waals surface area contributed by atoms with Gasteiger partial charge >= 0.3 is 0 Å². The van der Waals surface area contributed by atoms with Crippen LogP contribution < -0.4 is 5.32 Å². The number of anilines is 1. The number of aliphatic imine (C=N–C) groups is 1. The summed E-state index contributed by atoms with van der Waals surface area (Å²) in [6, 6.07) is 7.70. The van der Waals surface area contributed by atoms with Crippen LogP contribution in [0.1, 0.15) is 18.1 Å². The Kier molecular flexibility index (Phi) is 6.80. The number of isothiocyanates is 1. The molecule has 0 bridgehead atoms. The van der Waals surface area contributed by atoms with Gasteiger partial charge in [0.15, 0.2) is 0 Å². The molecule has 0 fully saturated rings. The molecular weight excluding hydrogens is 440 g/mol. The molecule has 0 unspecified atom stereocenters. The maximum Gasteiger partial charge on any atom is 0.296 e. The second-order valence-electron chi connectivity index (χ2n) is 5.65. The molecule has 2 aromatic carbocycles. The standard InChI is InChI=1S/C17H14N2O7S3/c1-11(20)19-14-6-5-13(16(9-14)28(21,22)23)4-2-12-3-7-15(18-10-27)17(8-12)29(24,25)26/h2-9H,1H3,(H,19,20)(H,21,22,23)(H,24,25,26)/b4-2-. The van der Waals surface area contributed by atoms with Crippen LogP contribution in [0.3, 0.4) is 0 Å². The smallest absolute Gasteiger partial charge is 0.296 e. The van der Waals surface area contributed by atoms with Crippen molar-refractivity contribution in [3.8, 4) is 0 Å². The van der Waals surface area contributed by atoms with E-state index in [9.17, 15) is 30.7 Å². The molecule has 0 saturated carbocycles. The Morgan fingerprint density at radius 2 is 1.69 bits per heavy atom. The van der Waals surface area contributed by atoms with Gasteiger partial charge in [0.2, 0.25) is 5.91 Å². The van der Waals surface area contributed by atoms with E-state index in [1.165, 1.54) is 43.3 Å². The second-order valence-corrected chi connectivity index (χ2v) is 8.61. The van der Waals surface area contributed by atoms with E-state index < -0.39 is 35.9 Å². The molecule has 0 aliphatic heterocycles. The molecule has 1 amide bonds. The second kappa shape index (κ2) is 8.74. The van der Waals surface area contributed by atoms with Gasteiger partial charge in [0.05, 0.1) is 10.8 Å². The molecule has 0 aliphatic carbocycles. The first kappa shape index (κ1) is 22.6. The lowest BCUT2D eigenvalue weighted by atomic mass is 10.1. The Hall–Kier alpha value is -2.73. The number of rotatable bonds is 6. The first-order valence-electron chi connectivity index (χ1n) is 7.68. The highest BCUT2D eigenvalue weighted by atomic mass is 32.2. The number of nitrogens with zero attached hydrogens (tertiary/aromatic N) is 1. The van der Waals surface area contributed by atoms with E-state index in [2.05, 4.69) is 22.5 Å². The molecule has 29 heavy (non-hydrogen) atoms. The predicted molar refractivity (Wildman–Crippen MR) is 110 cm³/mol. The highest BCUT2D eigenvalue weighted by Gasteiger charge is 2.17. The zero-order chi connectivity index (χ0) is 21.8. The van der Waals surface area contributed by atoms with Gasteiger partial charge in [-0.1, -0.05) is 24.3 Å². The molecule has 0 heterocycles. The topological polar surface area (TPSA) is 150 Å². The van der Waals surface area contributed by atoms with Crippen LogP contribution in [0.4, 0.5) is 11.4 Å². The van der Waals surface area contributed by atoms with Gasteiger partial charge in [-0.05, 0) is 47.6 Å². The maximum atomic E-state index is 11.7. The summed E-state index contributed by atoms with van der Waals surface area (Å²) in [7, 11) is -9.21. The summed E-state index contributed by atoms with van der Waals surface area (Å²) in [5.74, 6) is -0.425. The van der Waals surface area contributed by atoms with Gasteiger partial charge < -0.3 is 5.32 Å². The van der Waals surface area contributed by atoms with E-state index in [0.717, 1.165) is 12.1 Å². The van der Waals surface area contributed by atoms with E-state index in [4.69, 9.17) is 0 Å². The minimum Gasteiger partial charge on any atom is -0.326 e. The largest absolute Gasteiger partial charge is 0.326 e. The molecule has 0 atom stereocenters. The van der Waals surface area contributed by atoms with Gasteiger partial charge in [-0.15, -0.1) is 0 Å². The fourth-order valence-electron chi connectivity index (χ4n) is 2.35. The van der Waals surface area contributed by atoms with E-state index in [1.54, 1.807) is 0 Å². The van der Waals surface area contributed by atoms with Crippen molar-refractivity contribution >= 4 is 67.0 Å². The molecule has 2 aromatic rings. The lowest BCUT2D eigenvalue weighted by Crippen LogP contribution is -2.08. The summed E-state index contributed by atoms with van der Waals surface area (Å²) in [6.07, 6.45) is 2.67. The third kappa shape index (κ3) is 6.12. The Labute approximate surface area is 172 Å². The average molecular weight is 455 g/mol. The fourth-order valence-corrected chi connectivity index (χ4v) is 3.82. The molecule has 0 spiro atoms. The Balaban J connectivity index is 2.54. The van der Waals surface area contributed by atoms with Crippen LogP contribution in [0.5, 0.6) is 0 Å². The number of nitrogens with one attached hydrogen (secondary N) is 1. The molecule has 12 heteroatoms. The number of thiocarbonyl (C=S) groups is 1. The monoisotopic (exact) mass is 454 g/mol. The van der Waals surface area contributed by atoms with Gasteiger partial charge in [-0.3, -0.25) is 13.9 Å². The number of carbonyl (C=O) groups is 1. The van der Waals surface area contributed by atoms with Crippen LogP contribution in [-0.2, 0) is 25.0 Å². The van der Waals surface area contributed by atoms with Crippen molar-refractivity contribution in [2.75, 3.05) is 5.32 Å². The summed E-state index contributed by atoms with van der Waals surface area (Å²) < 4.78 is 65.2. The minimum absolute atomic E-state index is 0.0796. The fraction of sp³-hybridized carbons (Fsp3) is 0.0588. The van der Waals surface area contributed by atoms with Crippen LogP contribution >= 0.6 is 12.2 Å². The van der Waals surface area contributed by atoms with E-state index in [-0.39, 0.29) is 22.5 Å². The zero-order valence-electron chi connectivity index (χ0n) is 14.7. The van der Waals surface area contributed by atoms with Gasteiger partial charge in [0.25, 0.3) is 20.2 Å². The molecule has 0 aliphatic rings. The maximum absolute atomic E-state index is 11.7. The molecule has 0 aromatic heterocycles. The summed E-state index contributed by atoms with van der Waals surface area (Å²) in [5, 5.41) is 4.41. The van der Waals surface area contributed by atoms with Crippen molar-refractivity contribution in [1.82, 2.24) is 0 Å². The minimum atomic E-state index is -4.61. The number of hydrogen-bond donors (Lipinski definition) is 3. The summed E-state index contributed by atoms with van der Waals surface area (Å²) in [5.41, 5.74) is 0.417. The van der Waals surface area contributed by atoms with E-state index in [1.807, 2.05) is 5.16 Å². The average Bonchev–Trinajstić information content (AvgIpc) is 2.59. The molecule has 0 radical (unpaired) electrons. The highest BCUT2D eigenvalue weighted by molar-refractivity contribution is 7.86. The number of hydrogen-bond acceptors (Lipinski definition) is 7. The van der Waals surface area contributed by atoms with Crippen molar-refractivity contribution in [2.45, 2.75) is 16.7 Å². The SMILES string of the molecule is CC(=O)Nc1ccc(/C=C\c2ccc(N=C=S)c(S(=O)(=O)O)c2)c(S(=O)(=O)O)c1. The van der Waals surface area contributed by atoms with E-state index >= 15 is 0 Å². The van der Waals surface area contributed by atoms with Crippen LogP contribution in [-0.4, -0.2) is 37.0 Å². The summed E-state index contributed by atoms with van der Waals surface area (Å²) in [4.78, 5) is 13.7. The van der Waals surface area contributed by atoms with Gasteiger partial charge in [-0.25, -0.2) is 0 Å². The first-order chi connectivity index (χ1) is 13.4. The van der Waals surface area contributed by atoms with Crippen molar-refractivity contribution < 1.29 is 30.7 Å². The van der Waals surface area contributed by atoms with Crippen LogP contribution in [0.15, 0.2) is 51.2 Å². The van der Waals surface area contributed by atoms with Crippen LogP contribution in [0.25, 0.3) is 12.2 Å². The van der Waals surface area contributed by atoms with Gasteiger partial charge in [0, 0.05) is 12.6 Å². The van der Waals surface area contributed by atoms with Crippen molar-refractivity contribution in [1.29, 1.82) is 0 Å². The summed E-state index contributed by atoms with van der Waals surface area (Å²) >= 11 is 4.44. The zero-order valence-corrected chi connectivity index (χ0v) is 17.2. The molecule has 3 N–H and O–H groups in total. The molecular formula is C17H14N2O7S3. The first-order valence-corrected chi connectivity index (χ1v) is 11.0. The molecule has 0 saturated heterocycles. The lowest BCUT2D eigenvalue weighted by Gasteiger charge is -2.08.